The Kier molecular flexibility index (Phi) is 4.46. The molecular weight excluding hydrogens is 386 g/mol. The van der Waals surface area contributed by atoms with Crippen LogP contribution in [0.25, 0.3) is 32.3 Å². The fraction of sp³-hybridized carbons (Fsp3) is 0.0714. The Morgan fingerprint density at radius 3 is 1.06 bits per heavy atom. The van der Waals surface area contributed by atoms with Crippen molar-refractivity contribution in [2.75, 3.05) is 0 Å². The molecule has 6 aromatic rings. The predicted molar refractivity (Wildman–Crippen MR) is 140 cm³/mol. The molecule has 0 bridgehead atoms. The summed E-state index contributed by atoms with van der Waals surface area (Å²) in [6, 6.07) is 27.0. The summed E-state index contributed by atoms with van der Waals surface area (Å²) in [4.78, 5) is 8.34. The number of hydrogen-bond donors (Lipinski definition) is 0. The predicted octanol–water partition coefficient (Wildman–Crippen LogP) is 3.85. The quantitative estimate of drug-likeness (QED) is 0.327. The van der Waals surface area contributed by atoms with Crippen molar-refractivity contribution < 1.29 is 0 Å². The standard InChI is InChI=1S/C28H22B2N2/c1-29(23-7-11-31-12-8-23)25-15-19-3-5-21-17-26(30(2)24-9-13-32-14-10-24)18-22-6-4-20(16-25)27(19)28(21)22/h3-18H,1-2H3. The van der Waals surface area contributed by atoms with E-state index in [1.807, 2.05) is 24.8 Å². The molecule has 2 aromatic heterocycles. The van der Waals surface area contributed by atoms with E-state index in [0.29, 0.717) is 13.4 Å². The molecule has 150 valence electrons. The summed E-state index contributed by atoms with van der Waals surface area (Å²) < 4.78 is 0. The summed E-state index contributed by atoms with van der Waals surface area (Å²) in [6.07, 6.45) is 7.50. The van der Waals surface area contributed by atoms with Crippen molar-refractivity contribution in [2.45, 2.75) is 13.6 Å². The maximum Gasteiger partial charge on any atom is 0.206 e. The van der Waals surface area contributed by atoms with Crippen molar-refractivity contribution in [1.82, 2.24) is 9.97 Å². The van der Waals surface area contributed by atoms with Crippen LogP contribution in [0.3, 0.4) is 0 Å². The van der Waals surface area contributed by atoms with Crippen LogP contribution < -0.4 is 21.9 Å². The molecule has 0 unspecified atom stereocenters. The Morgan fingerprint density at radius 2 is 0.750 bits per heavy atom. The van der Waals surface area contributed by atoms with Gasteiger partial charge in [0, 0.05) is 24.8 Å². The lowest BCUT2D eigenvalue weighted by atomic mass is 9.42. The smallest absolute Gasteiger partial charge is 0.206 e. The van der Waals surface area contributed by atoms with Crippen LogP contribution in [0.1, 0.15) is 0 Å². The van der Waals surface area contributed by atoms with E-state index in [0.717, 1.165) is 0 Å². The van der Waals surface area contributed by atoms with Crippen LogP contribution in [0.2, 0.25) is 13.6 Å². The Labute approximate surface area is 188 Å². The van der Waals surface area contributed by atoms with Gasteiger partial charge >= 0.3 is 0 Å². The Balaban J connectivity index is 1.51. The maximum absolute atomic E-state index is 4.17. The van der Waals surface area contributed by atoms with Gasteiger partial charge in [0.25, 0.3) is 0 Å². The lowest BCUT2D eigenvalue weighted by Crippen LogP contribution is -2.39. The van der Waals surface area contributed by atoms with Crippen LogP contribution in [0.4, 0.5) is 0 Å². The lowest BCUT2D eigenvalue weighted by Gasteiger charge is -2.17. The molecule has 0 aliphatic rings. The average Bonchev–Trinajstić information content (AvgIpc) is 2.87. The molecule has 0 saturated carbocycles. The van der Waals surface area contributed by atoms with Gasteiger partial charge in [-0.2, -0.15) is 0 Å². The third kappa shape index (κ3) is 3.06. The van der Waals surface area contributed by atoms with Crippen molar-refractivity contribution in [2.24, 2.45) is 0 Å². The van der Waals surface area contributed by atoms with E-state index in [9.17, 15) is 0 Å². The highest BCUT2D eigenvalue weighted by molar-refractivity contribution is 6.85. The monoisotopic (exact) mass is 408 g/mol. The summed E-state index contributed by atoms with van der Waals surface area (Å²) in [7, 11) is 0. The van der Waals surface area contributed by atoms with E-state index in [4.69, 9.17) is 0 Å². The van der Waals surface area contributed by atoms with Gasteiger partial charge in [-0.3, -0.25) is 9.97 Å². The molecule has 0 aliphatic carbocycles. The summed E-state index contributed by atoms with van der Waals surface area (Å²) >= 11 is 0. The lowest BCUT2D eigenvalue weighted by molar-refractivity contribution is 1.34. The minimum Gasteiger partial charge on any atom is -0.265 e. The second-order valence-corrected chi connectivity index (χ2v) is 8.82. The van der Waals surface area contributed by atoms with Crippen LogP contribution >= 0.6 is 0 Å². The zero-order valence-electron chi connectivity index (χ0n) is 18.3. The van der Waals surface area contributed by atoms with E-state index in [-0.39, 0.29) is 0 Å². The van der Waals surface area contributed by atoms with Gasteiger partial charge in [0.2, 0.25) is 13.4 Å². The van der Waals surface area contributed by atoms with E-state index in [1.165, 1.54) is 54.2 Å². The third-order valence-corrected chi connectivity index (χ3v) is 6.99. The molecular formula is C28H22B2N2. The molecule has 0 aliphatic heterocycles. The fourth-order valence-corrected chi connectivity index (χ4v) is 5.07. The average molecular weight is 408 g/mol. The summed E-state index contributed by atoms with van der Waals surface area (Å²) in [5.41, 5.74) is 5.27. The molecule has 0 radical (unpaired) electrons. The van der Waals surface area contributed by atoms with E-state index < -0.39 is 0 Å². The Bertz CT molecular complexity index is 1360. The second-order valence-electron chi connectivity index (χ2n) is 8.82. The van der Waals surface area contributed by atoms with Crippen LogP contribution in [0.5, 0.6) is 0 Å². The molecule has 6 rings (SSSR count). The van der Waals surface area contributed by atoms with Crippen LogP contribution in [-0.2, 0) is 0 Å². The van der Waals surface area contributed by atoms with Gasteiger partial charge in [-0.25, -0.2) is 0 Å². The molecule has 2 heterocycles. The highest BCUT2D eigenvalue weighted by Gasteiger charge is 2.18. The van der Waals surface area contributed by atoms with Gasteiger partial charge in [0.05, 0.1) is 0 Å². The van der Waals surface area contributed by atoms with E-state index in [1.54, 1.807) is 0 Å². The third-order valence-electron chi connectivity index (χ3n) is 6.99. The Morgan fingerprint density at radius 1 is 0.438 bits per heavy atom. The first-order chi connectivity index (χ1) is 15.7. The van der Waals surface area contributed by atoms with E-state index >= 15 is 0 Å². The van der Waals surface area contributed by atoms with Gasteiger partial charge in [0.1, 0.15) is 0 Å². The zero-order valence-corrected chi connectivity index (χ0v) is 18.3. The number of nitrogens with zero attached hydrogens (tertiary/aromatic N) is 2. The summed E-state index contributed by atoms with van der Waals surface area (Å²) in [5.74, 6) is 0. The van der Waals surface area contributed by atoms with Gasteiger partial charge in [0.15, 0.2) is 0 Å². The van der Waals surface area contributed by atoms with Gasteiger partial charge in [-0.1, -0.05) is 84.0 Å². The molecule has 32 heavy (non-hydrogen) atoms. The number of benzene rings is 4. The molecule has 0 spiro atoms. The zero-order chi connectivity index (χ0) is 21.7. The molecule has 0 saturated heterocycles. The largest absolute Gasteiger partial charge is 0.265 e. The number of pyridine rings is 2. The highest BCUT2D eigenvalue weighted by Crippen LogP contribution is 2.33. The van der Waals surface area contributed by atoms with Gasteiger partial charge in [-0.15, -0.1) is 0 Å². The first kappa shape index (κ1) is 19.1. The molecule has 0 fully saturated rings. The Hall–Kier alpha value is -3.65. The van der Waals surface area contributed by atoms with Crippen LogP contribution in [-0.4, -0.2) is 23.4 Å². The second kappa shape index (κ2) is 7.49. The number of aromatic nitrogens is 2. The molecule has 0 N–H and O–H groups in total. The van der Waals surface area contributed by atoms with Crippen molar-refractivity contribution in [3.8, 4) is 0 Å². The summed E-state index contributed by atoms with van der Waals surface area (Å²) in [5, 5.41) is 7.98. The topological polar surface area (TPSA) is 25.8 Å². The van der Waals surface area contributed by atoms with Crippen LogP contribution in [0.15, 0.2) is 97.6 Å². The van der Waals surface area contributed by atoms with Crippen molar-refractivity contribution in [3.05, 3.63) is 97.6 Å². The number of hydrogen-bond acceptors (Lipinski definition) is 2. The molecule has 4 aromatic carbocycles. The van der Waals surface area contributed by atoms with Gasteiger partial charge in [-0.05, 0) is 56.6 Å². The minimum absolute atomic E-state index is 0.327. The highest BCUT2D eigenvalue weighted by atomic mass is 14.6. The number of rotatable bonds is 4. The molecule has 2 nitrogen and oxygen atoms in total. The van der Waals surface area contributed by atoms with Crippen molar-refractivity contribution in [3.63, 3.8) is 0 Å². The van der Waals surface area contributed by atoms with E-state index in [2.05, 4.69) is 96.4 Å². The molecule has 0 atom stereocenters. The van der Waals surface area contributed by atoms with Crippen molar-refractivity contribution in [1.29, 1.82) is 0 Å². The summed E-state index contributed by atoms with van der Waals surface area (Å²) in [6.45, 7) is 5.20. The first-order valence-corrected chi connectivity index (χ1v) is 11.2. The SMILES string of the molecule is CB(c1ccncc1)c1cc2ccc3cc(B(C)c4ccncc4)cc4ccc(c1)c2c34. The first-order valence-electron chi connectivity index (χ1n) is 11.2. The fourth-order valence-electron chi connectivity index (χ4n) is 5.07. The normalized spacial score (nSPS) is 11.4. The molecule has 4 heteroatoms. The van der Waals surface area contributed by atoms with Crippen molar-refractivity contribution >= 4 is 67.6 Å². The van der Waals surface area contributed by atoms with Crippen LogP contribution in [0, 0.1) is 0 Å². The maximum atomic E-state index is 4.17. The molecule has 0 amide bonds. The van der Waals surface area contributed by atoms with Gasteiger partial charge < -0.3 is 0 Å². The minimum atomic E-state index is 0.327.